The predicted molar refractivity (Wildman–Crippen MR) is 107 cm³/mol. The highest BCUT2D eigenvalue weighted by Gasteiger charge is 2.32. The van der Waals surface area contributed by atoms with Crippen LogP contribution in [0, 0.1) is 6.92 Å². The molecule has 6 nitrogen and oxygen atoms in total. The van der Waals surface area contributed by atoms with Gasteiger partial charge in [-0.25, -0.2) is 19.9 Å². The standard InChI is InChI=1S/C18H12ClF3N6S/c1-9-3-2-4-11(19)13(9)27-17-28-14-15(24-8-25-16(14)29-17)26-10-5-6-12(23-7-10)18(20,21)22/h2-8H,1H3,(H,27,28)(H,24,25,26). The van der Waals surface area contributed by atoms with Crippen LogP contribution in [0.25, 0.3) is 10.3 Å². The third kappa shape index (κ3) is 4.08. The molecule has 1 aromatic carbocycles. The number of hydrogen-bond acceptors (Lipinski definition) is 7. The smallest absolute Gasteiger partial charge is 0.337 e. The Morgan fingerprint density at radius 1 is 1.03 bits per heavy atom. The van der Waals surface area contributed by atoms with Crippen molar-refractivity contribution in [1.82, 2.24) is 19.9 Å². The monoisotopic (exact) mass is 436 g/mol. The molecule has 4 aromatic rings. The second-order valence-corrected chi connectivity index (χ2v) is 7.39. The molecule has 0 aliphatic heterocycles. The van der Waals surface area contributed by atoms with E-state index in [1.54, 1.807) is 6.07 Å². The van der Waals surface area contributed by atoms with Crippen LogP contribution in [0.3, 0.4) is 0 Å². The van der Waals surface area contributed by atoms with Crippen molar-refractivity contribution >= 4 is 55.6 Å². The fourth-order valence-electron chi connectivity index (χ4n) is 2.57. The van der Waals surface area contributed by atoms with Crippen LogP contribution >= 0.6 is 22.9 Å². The third-order valence-corrected chi connectivity index (χ3v) is 5.16. The van der Waals surface area contributed by atoms with E-state index in [0.29, 0.717) is 32.0 Å². The van der Waals surface area contributed by atoms with Crippen molar-refractivity contribution in [1.29, 1.82) is 0 Å². The van der Waals surface area contributed by atoms with Crippen molar-refractivity contribution < 1.29 is 13.2 Å². The summed E-state index contributed by atoms with van der Waals surface area (Å²) < 4.78 is 38.0. The molecule has 0 bridgehead atoms. The number of thiazole rings is 1. The summed E-state index contributed by atoms with van der Waals surface area (Å²) in [5.41, 5.74) is 1.55. The zero-order valence-corrected chi connectivity index (χ0v) is 16.3. The number of benzene rings is 1. The van der Waals surface area contributed by atoms with Gasteiger partial charge in [-0.2, -0.15) is 13.2 Å². The first-order chi connectivity index (χ1) is 13.8. The minimum absolute atomic E-state index is 0.349. The van der Waals surface area contributed by atoms with E-state index in [4.69, 9.17) is 11.6 Å². The van der Waals surface area contributed by atoms with E-state index < -0.39 is 11.9 Å². The molecule has 0 saturated heterocycles. The zero-order valence-electron chi connectivity index (χ0n) is 14.8. The lowest BCUT2D eigenvalue weighted by Crippen LogP contribution is -2.07. The maximum Gasteiger partial charge on any atom is 0.433 e. The number of alkyl halides is 3. The van der Waals surface area contributed by atoms with E-state index in [-0.39, 0.29) is 0 Å². The molecule has 3 heterocycles. The van der Waals surface area contributed by atoms with Crippen molar-refractivity contribution in [2.75, 3.05) is 10.6 Å². The van der Waals surface area contributed by atoms with Crippen LogP contribution in [0.2, 0.25) is 5.02 Å². The van der Waals surface area contributed by atoms with E-state index in [1.165, 1.54) is 23.7 Å². The van der Waals surface area contributed by atoms with E-state index in [2.05, 4.69) is 30.6 Å². The third-order valence-electron chi connectivity index (χ3n) is 3.97. The summed E-state index contributed by atoms with van der Waals surface area (Å²) in [5.74, 6) is 0.358. The lowest BCUT2D eigenvalue weighted by Gasteiger charge is -2.08. The molecule has 3 aromatic heterocycles. The molecule has 0 unspecified atom stereocenters. The number of halogens is 4. The van der Waals surface area contributed by atoms with E-state index in [1.807, 2.05) is 19.1 Å². The SMILES string of the molecule is Cc1cccc(Cl)c1Nc1nc2c(Nc3ccc(C(F)(F)F)nc3)ncnc2s1. The highest BCUT2D eigenvalue weighted by atomic mass is 35.5. The Bertz CT molecular complexity index is 1160. The Hall–Kier alpha value is -2.98. The summed E-state index contributed by atoms with van der Waals surface area (Å²) in [6, 6.07) is 7.73. The quantitative estimate of drug-likeness (QED) is 0.411. The Kier molecular flexibility index (Phi) is 4.97. The van der Waals surface area contributed by atoms with Gasteiger partial charge in [-0.15, -0.1) is 0 Å². The predicted octanol–water partition coefficient (Wildman–Crippen LogP) is 5.95. The highest BCUT2D eigenvalue weighted by Crippen LogP contribution is 2.34. The van der Waals surface area contributed by atoms with Gasteiger partial charge >= 0.3 is 6.18 Å². The molecular weight excluding hydrogens is 425 g/mol. The van der Waals surface area contributed by atoms with Crippen molar-refractivity contribution in [2.24, 2.45) is 0 Å². The molecule has 4 rings (SSSR count). The van der Waals surface area contributed by atoms with Gasteiger partial charge < -0.3 is 10.6 Å². The van der Waals surface area contributed by atoms with Gasteiger partial charge in [-0.05, 0) is 30.7 Å². The molecule has 11 heteroatoms. The molecule has 0 radical (unpaired) electrons. The summed E-state index contributed by atoms with van der Waals surface area (Å²) in [5, 5.41) is 7.24. The van der Waals surface area contributed by atoms with Crippen LogP contribution in [0.1, 0.15) is 11.3 Å². The van der Waals surface area contributed by atoms with Crippen LogP contribution < -0.4 is 10.6 Å². The molecule has 0 fully saturated rings. The number of nitrogens with one attached hydrogen (secondary N) is 2. The van der Waals surface area contributed by atoms with E-state index in [0.717, 1.165) is 23.5 Å². The van der Waals surface area contributed by atoms with Gasteiger partial charge in [0.2, 0.25) is 0 Å². The molecule has 148 valence electrons. The molecule has 0 aliphatic carbocycles. The Balaban J connectivity index is 1.63. The van der Waals surface area contributed by atoms with Crippen molar-refractivity contribution in [3.63, 3.8) is 0 Å². The Labute approximate surface area is 171 Å². The number of para-hydroxylation sites is 1. The fourth-order valence-corrected chi connectivity index (χ4v) is 3.65. The van der Waals surface area contributed by atoms with Gasteiger partial charge in [0.1, 0.15) is 17.5 Å². The van der Waals surface area contributed by atoms with Crippen LogP contribution in [0.15, 0.2) is 42.9 Å². The first-order valence-corrected chi connectivity index (χ1v) is 9.44. The highest BCUT2D eigenvalue weighted by molar-refractivity contribution is 7.21. The lowest BCUT2D eigenvalue weighted by molar-refractivity contribution is -0.141. The number of nitrogens with zero attached hydrogens (tertiary/aromatic N) is 4. The van der Waals surface area contributed by atoms with Crippen LogP contribution in [-0.2, 0) is 6.18 Å². The topological polar surface area (TPSA) is 75.6 Å². The largest absolute Gasteiger partial charge is 0.433 e. The first kappa shape index (κ1) is 19.3. The van der Waals surface area contributed by atoms with Gasteiger partial charge in [0.05, 0.1) is 22.6 Å². The second kappa shape index (κ2) is 7.45. The summed E-state index contributed by atoms with van der Waals surface area (Å²) >= 11 is 7.55. The number of aryl methyl sites for hydroxylation is 1. The fraction of sp³-hybridized carbons (Fsp3) is 0.111. The summed E-state index contributed by atoms with van der Waals surface area (Å²) in [6.07, 6.45) is -2.05. The minimum atomic E-state index is -4.49. The van der Waals surface area contributed by atoms with E-state index in [9.17, 15) is 13.2 Å². The normalized spacial score (nSPS) is 11.6. The van der Waals surface area contributed by atoms with Gasteiger partial charge in [0.15, 0.2) is 15.8 Å². The zero-order chi connectivity index (χ0) is 20.6. The van der Waals surface area contributed by atoms with Gasteiger partial charge in [0.25, 0.3) is 0 Å². The average molecular weight is 437 g/mol. The van der Waals surface area contributed by atoms with Crippen molar-refractivity contribution in [3.8, 4) is 0 Å². The van der Waals surface area contributed by atoms with Gasteiger partial charge in [0, 0.05) is 0 Å². The summed E-state index contributed by atoms with van der Waals surface area (Å²) in [6.45, 7) is 1.92. The summed E-state index contributed by atoms with van der Waals surface area (Å²) in [7, 11) is 0. The first-order valence-electron chi connectivity index (χ1n) is 8.25. The number of rotatable bonds is 4. The maximum absolute atomic E-state index is 12.7. The molecule has 0 atom stereocenters. The number of fused-ring (bicyclic) bond motifs is 1. The number of hydrogen-bond donors (Lipinski definition) is 2. The van der Waals surface area contributed by atoms with Gasteiger partial charge in [-0.3, -0.25) is 0 Å². The molecule has 0 spiro atoms. The van der Waals surface area contributed by atoms with Gasteiger partial charge in [-0.1, -0.05) is 35.1 Å². The molecular formula is C18H12ClF3N6S. The average Bonchev–Trinajstić information content (AvgIpc) is 3.08. The number of anilines is 4. The molecule has 29 heavy (non-hydrogen) atoms. The van der Waals surface area contributed by atoms with Crippen molar-refractivity contribution in [3.05, 3.63) is 59.1 Å². The molecule has 0 aliphatic rings. The van der Waals surface area contributed by atoms with E-state index >= 15 is 0 Å². The Morgan fingerprint density at radius 3 is 2.55 bits per heavy atom. The minimum Gasteiger partial charge on any atom is -0.337 e. The second-order valence-electron chi connectivity index (χ2n) is 6.01. The summed E-state index contributed by atoms with van der Waals surface area (Å²) in [4.78, 5) is 16.9. The van der Waals surface area contributed by atoms with Crippen LogP contribution in [0.4, 0.5) is 35.5 Å². The lowest BCUT2D eigenvalue weighted by atomic mass is 10.2. The number of pyridine rings is 1. The molecule has 0 amide bonds. The molecule has 2 N–H and O–H groups in total. The van der Waals surface area contributed by atoms with Crippen LogP contribution in [0.5, 0.6) is 0 Å². The number of aromatic nitrogens is 4. The Morgan fingerprint density at radius 2 is 1.86 bits per heavy atom. The van der Waals surface area contributed by atoms with Crippen LogP contribution in [-0.4, -0.2) is 19.9 Å². The van der Waals surface area contributed by atoms with Crippen molar-refractivity contribution in [2.45, 2.75) is 13.1 Å². The maximum atomic E-state index is 12.7. The molecule has 0 saturated carbocycles.